The second-order valence-corrected chi connectivity index (χ2v) is 8.83. The van der Waals surface area contributed by atoms with E-state index in [0.717, 1.165) is 24.1 Å². The topological polar surface area (TPSA) is 71.3 Å². The lowest BCUT2D eigenvalue weighted by molar-refractivity contribution is 0.0934. The number of rotatable bonds is 5. The zero-order chi connectivity index (χ0) is 19.7. The normalized spacial score (nSPS) is 15.9. The molecular weight excluding hydrogens is 372 g/mol. The molecule has 0 spiro atoms. The lowest BCUT2D eigenvalue weighted by Gasteiger charge is -2.28. The predicted octanol–water partition coefficient (Wildman–Crippen LogP) is 4.72. The van der Waals surface area contributed by atoms with Crippen molar-refractivity contribution in [2.45, 2.75) is 46.1 Å². The Labute approximate surface area is 168 Å². The van der Waals surface area contributed by atoms with Gasteiger partial charge in [-0.2, -0.15) is 0 Å². The highest BCUT2D eigenvalue weighted by molar-refractivity contribution is 7.17. The first-order valence-electron chi connectivity index (χ1n) is 9.94. The van der Waals surface area contributed by atoms with Crippen LogP contribution in [0, 0.1) is 5.92 Å². The molecule has 0 saturated carbocycles. The minimum absolute atomic E-state index is 0.0925. The van der Waals surface area contributed by atoms with Crippen molar-refractivity contribution in [1.82, 2.24) is 15.5 Å². The number of carbonyl (C=O) groups excluding carboxylic acids is 1. The molecule has 0 radical (unpaired) electrons. The smallest absolute Gasteiger partial charge is 0.263 e. The van der Waals surface area contributed by atoms with E-state index in [9.17, 15) is 4.79 Å². The van der Waals surface area contributed by atoms with E-state index >= 15 is 0 Å². The molecule has 1 aliphatic rings. The molecule has 1 fully saturated rings. The van der Waals surface area contributed by atoms with Crippen molar-refractivity contribution < 1.29 is 9.32 Å². The number of piperidine rings is 1. The summed E-state index contributed by atoms with van der Waals surface area (Å²) in [4.78, 5) is 19.8. The van der Waals surface area contributed by atoms with Crippen LogP contribution in [0.5, 0.6) is 0 Å². The maximum absolute atomic E-state index is 12.4. The number of nitrogens with one attached hydrogen (secondary N) is 1. The summed E-state index contributed by atoms with van der Waals surface area (Å²) in [6, 6.07) is 6.34. The highest BCUT2D eigenvalue weighted by Crippen LogP contribution is 2.33. The van der Waals surface area contributed by atoms with Crippen LogP contribution in [0.3, 0.4) is 0 Å². The Morgan fingerprint density at radius 2 is 2.00 bits per heavy atom. The average Bonchev–Trinajstić information content (AvgIpc) is 3.35. The summed E-state index contributed by atoms with van der Waals surface area (Å²) in [5.74, 6) is 0.287. The van der Waals surface area contributed by atoms with E-state index in [4.69, 9.17) is 4.52 Å². The second-order valence-electron chi connectivity index (χ2n) is 7.80. The van der Waals surface area contributed by atoms with Crippen molar-refractivity contribution in [3.05, 3.63) is 29.3 Å². The van der Waals surface area contributed by atoms with Crippen molar-refractivity contribution >= 4 is 33.9 Å². The van der Waals surface area contributed by atoms with Crippen molar-refractivity contribution in [3.63, 3.8) is 0 Å². The summed E-state index contributed by atoms with van der Waals surface area (Å²) >= 11 is 1.34. The van der Waals surface area contributed by atoms with Gasteiger partial charge in [-0.1, -0.05) is 19.0 Å². The van der Waals surface area contributed by atoms with Crippen LogP contribution in [-0.2, 0) is 0 Å². The number of anilines is 1. The van der Waals surface area contributed by atoms with E-state index in [-0.39, 0.29) is 11.9 Å². The molecule has 2 aromatic heterocycles. The van der Waals surface area contributed by atoms with Gasteiger partial charge in [0.2, 0.25) is 0 Å². The fourth-order valence-corrected chi connectivity index (χ4v) is 4.18. The summed E-state index contributed by atoms with van der Waals surface area (Å²) in [5.41, 5.74) is 2.63. The Balaban J connectivity index is 1.56. The molecule has 148 valence electrons. The number of carbonyl (C=O) groups is 1. The first-order valence-corrected chi connectivity index (χ1v) is 10.8. The van der Waals surface area contributed by atoms with Gasteiger partial charge in [-0.3, -0.25) is 4.79 Å². The molecule has 1 atom stereocenters. The number of amides is 1. The molecule has 1 amide bonds. The van der Waals surface area contributed by atoms with E-state index in [0.29, 0.717) is 21.5 Å². The fraction of sp³-hybridized carbons (Fsp3) is 0.476. The monoisotopic (exact) mass is 398 g/mol. The molecule has 1 aromatic carbocycles. The van der Waals surface area contributed by atoms with Crippen LogP contribution < -0.4 is 10.2 Å². The quantitative estimate of drug-likeness (QED) is 0.673. The van der Waals surface area contributed by atoms with Crippen LogP contribution in [0.15, 0.2) is 28.9 Å². The van der Waals surface area contributed by atoms with E-state index < -0.39 is 0 Å². The maximum atomic E-state index is 12.4. The Morgan fingerprint density at radius 3 is 2.75 bits per heavy atom. The van der Waals surface area contributed by atoms with Gasteiger partial charge >= 0.3 is 0 Å². The van der Waals surface area contributed by atoms with Crippen LogP contribution in [-0.4, -0.2) is 35.2 Å². The summed E-state index contributed by atoms with van der Waals surface area (Å²) in [7, 11) is 0. The molecule has 1 aliphatic heterocycles. The van der Waals surface area contributed by atoms with Gasteiger partial charge in [0.25, 0.3) is 5.91 Å². The molecule has 4 rings (SSSR count). The largest absolute Gasteiger partial charge is 0.371 e. The highest BCUT2D eigenvalue weighted by Gasteiger charge is 2.20. The van der Waals surface area contributed by atoms with Crippen molar-refractivity contribution in [2.75, 3.05) is 18.0 Å². The Hall–Kier alpha value is -2.41. The fourth-order valence-electron chi connectivity index (χ4n) is 3.36. The van der Waals surface area contributed by atoms with E-state index in [1.54, 1.807) is 6.20 Å². The number of aromatic nitrogens is 2. The molecule has 1 N–H and O–H groups in total. The van der Waals surface area contributed by atoms with Gasteiger partial charge in [0.1, 0.15) is 15.6 Å². The predicted molar refractivity (Wildman–Crippen MR) is 113 cm³/mol. The Kier molecular flexibility index (Phi) is 5.35. The highest BCUT2D eigenvalue weighted by atomic mass is 32.1. The van der Waals surface area contributed by atoms with Gasteiger partial charge in [-0.15, -0.1) is 11.3 Å². The number of benzene rings is 1. The van der Waals surface area contributed by atoms with E-state index in [2.05, 4.69) is 46.3 Å². The number of thiazole rings is 1. The van der Waals surface area contributed by atoms with Gasteiger partial charge in [0.05, 0.1) is 11.6 Å². The Morgan fingerprint density at radius 1 is 1.21 bits per heavy atom. The molecule has 28 heavy (non-hydrogen) atoms. The molecule has 6 nitrogen and oxygen atoms in total. The van der Waals surface area contributed by atoms with Gasteiger partial charge in [0, 0.05) is 30.9 Å². The van der Waals surface area contributed by atoms with E-state index in [1.807, 2.05) is 13.0 Å². The van der Waals surface area contributed by atoms with Crippen LogP contribution in [0.2, 0.25) is 0 Å². The van der Waals surface area contributed by atoms with Crippen molar-refractivity contribution in [3.8, 4) is 10.7 Å². The molecule has 3 aromatic rings. The zero-order valence-electron chi connectivity index (χ0n) is 16.6. The maximum Gasteiger partial charge on any atom is 0.263 e. The molecular formula is C21H26N4O2S. The first-order chi connectivity index (χ1) is 13.5. The van der Waals surface area contributed by atoms with Crippen molar-refractivity contribution in [2.24, 2.45) is 5.92 Å². The minimum Gasteiger partial charge on any atom is -0.371 e. The summed E-state index contributed by atoms with van der Waals surface area (Å²) in [5, 5.41) is 8.88. The number of nitrogens with zero attached hydrogens (tertiary/aromatic N) is 3. The van der Waals surface area contributed by atoms with Crippen LogP contribution in [0.4, 0.5) is 5.69 Å². The molecule has 7 heteroatoms. The molecule has 1 saturated heterocycles. The summed E-state index contributed by atoms with van der Waals surface area (Å²) in [6.45, 7) is 8.36. The zero-order valence-corrected chi connectivity index (χ0v) is 17.4. The summed E-state index contributed by atoms with van der Waals surface area (Å²) < 4.78 is 5.59. The SMILES string of the molecule is CC(C)[C@@H](C)NC(=O)c1cnc(-c2noc3cc(N4CCCCC4)ccc23)s1. The third-order valence-electron chi connectivity index (χ3n) is 5.47. The molecule has 3 heterocycles. The van der Waals surface area contributed by atoms with E-state index in [1.165, 1.54) is 36.3 Å². The van der Waals surface area contributed by atoms with Gasteiger partial charge in [0.15, 0.2) is 5.58 Å². The van der Waals surface area contributed by atoms with Crippen LogP contribution >= 0.6 is 11.3 Å². The van der Waals surface area contributed by atoms with Crippen molar-refractivity contribution in [1.29, 1.82) is 0 Å². The third kappa shape index (κ3) is 3.76. The summed E-state index contributed by atoms with van der Waals surface area (Å²) in [6.07, 6.45) is 5.39. The first kappa shape index (κ1) is 18.9. The number of hydrogen-bond acceptors (Lipinski definition) is 6. The van der Waals surface area contributed by atoms with Crippen LogP contribution in [0.1, 0.15) is 49.7 Å². The second kappa shape index (κ2) is 7.91. The standard InChI is InChI=1S/C21H26N4O2S/c1-13(2)14(3)23-20(26)18-12-22-21(28-18)19-16-8-7-15(11-17(16)27-24-19)25-9-5-4-6-10-25/h7-8,11-14H,4-6,9-10H2,1-3H3,(H,23,26)/t14-/m1/s1. The lowest BCUT2D eigenvalue weighted by Crippen LogP contribution is -2.35. The third-order valence-corrected chi connectivity index (χ3v) is 6.47. The lowest BCUT2D eigenvalue weighted by atomic mass is 10.1. The van der Waals surface area contributed by atoms with Gasteiger partial charge in [-0.25, -0.2) is 4.98 Å². The Bertz CT molecular complexity index is 972. The molecule has 0 aliphatic carbocycles. The molecule has 0 unspecified atom stereocenters. The minimum atomic E-state index is -0.0925. The van der Waals surface area contributed by atoms with Gasteiger partial charge in [-0.05, 0) is 44.2 Å². The van der Waals surface area contributed by atoms with Gasteiger partial charge < -0.3 is 14.7 Å². The average molecular weight is 399 g/mol. The number of fused-ring (bicyclic) bond motifs is 1. The van der Waals surface area contributed by atoms with Crippen LogP contribution in [0.25, 0.3) is 21.7 Å². The number of hydrogen-bond donors (Lipinski definition) is 1. The molecule has 0 bridgehead atoms.